The zero-order valence-corrected chi connectivity index (χ0v) is 10.4. The van der Waals surface area contributed by atoms with Gasteiger partial charge in [0.05, 0.1) is 6.61 Å². The average molecular weight is 271 g/mol. The molecule has 15 heavy (non-hydrogen) atoms. The molecule has 0 amide bonds. The summed E-state index contributed by atoms with van der Waals surface area (Å²) in [6, 6.07) is 8.03. The third-order valence-electron chi connectivity index (χ3n) is 1.98. The fourth-order valence-corrected chi connectivity index (χ4v) is 1.69. The van der Waals surface area contributed by atoms with Crippen molar-refractivity contribution in [1.82, 2.24) is 0 Å². The molecule has 0 saturated carbocycles. The minimum Gasteiger partial charge on any atom is -0.377 e. The van der Waals surface area contributed by atoms with Crippen molar-refractivity contribution in [3.63, 3.8) is 0 Å². The lowest BCUT2D eigenvalue weighted by Gasteiger charge is -2.03. The van der Waals surface area contributed by atoms with Gasteiger partial charge in [-0.05, 0) is 31.0 Å². The molecule has 0 spiro atoms. The Labute approximate surface area is 98.8 Å². The third kappa shape index (κ3) is 5.70. The Hall–Kier alpha value is -0.670. The Balaban J connectivity index is 2.17. The summed E-state index contributed by atoms with van der Waals surface area (Å²) in [5, 5.41) is 0. The normalized spacial score (nSPS) is 10.3. The van der Waals surface area contributed by atoms with Crippen molar-refractivity contribution >= 4 is 21.7 Å². The van der Waals surface area contributed by atoms with Gasteiger partial charge in [0.2, 0.25) is 0 Å². The first-order valence-corrected chi connectivity index (χ1v) is 5.79. The Morgan fingerprint density at radius 2 is 2.27 bits per heavy atom. The first-order chi connectivity index (χ1) is 7.18. The van der Waals surface area contributed by atoms with Crippen molar-refractivity contribution in [2.75, 3.05) is 6.61 Å². The number of hydrogen-bond donors (Lipinski definition) is 0. The van der Waals surface area contributed by atoms with Crippen LogP contribution in [-0.4, -0.2) is 12.4 Å². The van der Waals surface area contributed by atoms with E-state index in [0.29, 0.717) is 19.6 Å². The minimum atomic E-state index is 0.223. The van der Waals surface area contributed by atoms with Crippen LogP contribution in [0.15, 0.2) is 28.7 Å². The summed E-state index contributed by atoms with van der Waals surface area (Å²) in [6.45, 7) is 2.86. The zero-order valence-electron chi connectivity index (χ0n) is 8.83. The number of halogens is 1. The number of rotatable bonds is 6. The van der Waals surface area contributed by atoms with Crippen LogP contribution in [0.1, 0.15) is 25.3 Å². The fourth-order valence-electron chi connectivity index (χ4n) is 1.24. The molecular formula is C12H15BrO2. The van der Waals surface area contributed by atoms with Crippen molar-refractivity contribution in [1.29, 1.82) is 0 Å². The van der Waals surface area contributed by atoms with E-state index in [0.717, 1.165) is 16.5 Å². The minimum absolute atomic E-state index is 0.223. The van der Waals surface area contributed by atoms with Gasteiger partial charge < -0.3 is 9.53 Å². The topological polar surface area (TPSA) is 26.3 Å². The molecule has 1 aromatic rings. The summed E-state index contributed by atoms with van der Waals surface area (Å²) in [5.74, 6) is 0.223. The van der Waals surface area contributed by atoms with Gasteiger partial charge >= 0.3 is 0 Å². The molecule has 0 atom stereocenters. The van der Waals surface area contributed by atoms with E-state index in [9.17, 15) is 4.79 Å². The molecule has 0 aromatic heterocycles. The van der Waals surface area contributed by atoms with Gasteiger partial charge in [0.15, 0.2) is 0 Å². The van der Waals surface area contributed by atoms with Gasteiger partial charge in [0, 0.05) is 17.5 Å². The first kappa shape index (κ1) is 12.4. The van der Waals surface area contributed by atoms with Crippen molar-refractivity contribution in [2.24, 2.45) is 0 Å². The maximum absolute atomic E-state index is 10.7. The van der Waals surface area contributed by atoms with Crippen molar-refractivity contribution in [2.45, 2.75) is 26.4 Å². The standard InChI is InChI=1S/C12H15BrO2/c1-10(14)4-3-7-15-9-11-5-2-6-12(13)8-11/h2,5-6,8H,3-4,7,9H2,1H3. The maximum Gasteiger partial charge on any atom is 0.129 e. The second-order valence-corrected chi connectivity index (χ2v) is 4.40. The lowest BCUT2D eigenvalue weighted by molar-refractivity contribution is -0.117. The smallest absolute Gasteiger partial charge is 0.129 e. The molecule has 0 bridgehead atoms. The molecule has 0 saturated heterocycles. The molecule has 3 heteroatoms. The predicted molar refractivity (Wildman–Crippen MR) is 63.7 cm³/mol. The second kappa shape index (κ2) is 6.75. The summed E-state index contributed by atoms with van der Waals surface area (Å²) in [6.07, 6.45) is 1.42. The zero-order chi connectivity index (χ0) is 11.1. The summed E-state index contributed by atoms with van der Waals surface area (Å²) >= 11 is 3.40. The van der Waals surface area contributed by atoms with Crippen LogP contribution in [0.4, 0.5) is 0 Å². The van der Waals surface area contributed by atoms with Crippen LogP contribution in [0.25, 0.3) is 0 Å². The Bertz CT molecular complexity index is 323. The number of Topliss-reactive ketones (excluding diaryl/α,β-unsaturated/α-hetero) is 1. The molecule has 0 aliphatic rings. The molecule has 0 radical (unpaired) electrons. The number of hydrogen-bond acceptors (Lipinski definition) is 2. The SMILES string of the molecule is CC(=O)CCCOCc1cccc(Br)c1. The van der Waals surface area contributed by atoms with Gasteiger partial charge in [0.1, 0.15) is 5.78 Å². The molecule has 0 aliphatic heterocycles. The van der Waals surface area contributed by atoms with Crippen molar-refractivity contribution in [3.05, 3.63) is 34.3 Å². The van der Waals surface area contributed by atoms with Crippen molar-refractivity contribution < 1.29 is 9.53 Å². The van der Waals surface area contributed by atoms with Crippen molar-refractivity contribution in [3.8, 4) is 0 Å². The fraction of sp³-hybridized carbons (Fsp3) is 0.417. The molecule has 2 nitrogen and oxygen atoms in total. The highest BCUT2D eigenvalue weighted by atomic mass is 79.9. The molecule has 1 rings (SSSR count). The van der Waals surface area contributed by atoms with E-state index in [1.807, 2.05) is 24.3 Å². The van der Waals surface area contributed by atoms with Gasteiger partial charge in [-0.1, -0.05) is 28.1 Å². The highest BCUT2D eigenvalue weighted by molar-refractivity contribution is 9.10. The largest absolute Gasteiger partial charge is 0.377 e. The van der Waals surface area contributed by atoms with Crippen LogP contribution in [-0.2, 0) is 16.1 Å². The molecule has 82 valence electrons. The summed E-state index contributed by atoms with van der Waals surface area (Å²) in [4.78, 5) is 10.7. The quantitative estimate of drug-likeness (QED) is 0.742. The number of carbonyl (C=O) groups excluding carboxylic acids is 1. The van der Waals surface area contributed by atoms with Crippen LogP contribution in [0, 0.1) is 0 Å². The monoisotopic (exact) mass is 270 g/mol. The number of benzene rings is 1. The van der Waals surface area contributed by atoms with Gasteiger partial charge in [0.25, 0.3) is 0 Å². The van der Waals surface area contributed by atoms with Crippen LogP contribution in [0.2, 0.25) is 0 Å². The predicted octanol–water partition coefficient (Wildman–Crippen LogP) is 3.33. The molecule has 0 aliphatic carbocycles. The summed E-state index contributed by atoms with van der Waals surface area (Å²) in [7, 11) is 0. The first-order valence-electron chi connectivity index (χ1n) is 5.00. The molecule has 0 unspecified atom stereocenters. The molecular weight excluding hydrogens is 256 g/mol. The van der Waals surface area contributed by atoms with Gasteiger partial charge in [-0.3, -0.25) is 0 Å². The lowest BCUT2D eigenvalue weighted by atomic mass is 10.2. The van der Waals surface area contributed by atoms with Crippen LogP contribution in [0.5, 0.6) is 0 Å². The maximum atomic E-state index is 10.7. The molecule has 1 aromatic carbocycles. The van der Waals surface area contributed by atoms with Gasteiger partial charge in [-0.25, -0.2) is 0 Å². The Kier molecular flexibility index (Phi) is 5.58. The number of carbonyl (C=O) groups is 1. The van der Waals surface area contributed by atoms with E-state index in [1.54, 1.807) is 6.92 Å². The van der Waals surface area contributed by atoms with E-state index in [2.05, 4.69) is 15.9 Å². The summed E-state index contributed by atoms with van der Waals surface area (Å²) in [5.41, 5.74) is 1.15. The van der Waals surface area contributed by atoms with Crippen LogP contribution >= 0.6 is 15.9 Å². The van der Waals surface area contributed by atoms with E-state index in [4.69, 9.17) is 4.74 Å². The Morgan fingerprint density at radius 3 is 2.93 bits per heavy atom. The highest BCUT2D eigenvalue weighted by Crippen LogP contribution is 2.12. The van der Waals surface area contributed by atoms with E-state index in [1.165, 1.54) is 0 Å². The molecule has 0 N–H and O–H groups in total. The number of ketones is 1. The third-order valence-corrected chi connectivity index (χ3v) is 2.47. The second-order valence-electron chi connectivity index (χ2n) is 3.49. The van der Waals surface area contributed by atoms with Crippen LogP contribution in [0.3, 0.4) is 0 Å². The van der Waals surface area contributed by atoms with Crippen LogP contribution < -0.4 is 0 Å². The van der Waals surface area contributed by atoms with E-state index >= 15 is 0 Å². The van der Waals surface area contributed by atoms with Gasteiger partial charge in [-0.2, -0.15) is 0 Å². The van der Waals surface area contributed by atoms with E-state index in [-0.39, 0.29) is 5.78 Å². The summed E-state index contributed by atoms with van der Waals surface area (Å²) < 4.78 is 6.51. The molecule has 0 heterocycles. The number of ether oxygens (including phenoxy) is 1. The average Bonchev–Trinajstić information content (AvgIpc) is 2.17. The molecule has 0 fully saturated rings. The highest BCUT2D eigenvalue weighted by Gasteiger charge is 1.96. The van der Waals surface area contributed by atoms with Gasteiger partial charge in [-0.15, -0.1) is 0 Å². The lowest BCUT2D eigenvalue weighted by Crippen LogP contribution is -1.98. The van der Waals surface area contributed by atoms with E-state index < -0.39 is 0 Å². The Morgan fingerprint density at radius 1 is 1.47 bits per heavy atom.